The molecule has 7 nitrogen and oxygen atoms in total. The van der Waals surface area contributed by atoms with E-state index in [9.17, 15) is 9.59 Å². The number of thioether (sulfide) groups is 1. The first-order valence-electron chi connectivity index (χ1n) is 10.6. The van der Waals surface area contributed by atoms with Crippen molar-refractivity contribution in [2.75, 3.05) is 12.3 Å². The second-order valence-electron chi connectivity index (χ2n) is 8.23. The number of carbonyl (C=O) groups excluding carboxylic acids is 2. The molecule has 0 bridgehead atoms. The van der Waals surface area contributed by atoms with Crippen molar-refractivity contribution in [3.8, 4) is 6.07 Å². The summed E-state index contributed by atoms with van der Waals surface area (Å²) in [6.45, 7) is 1.03. The molecule has 2 aromatic rings. The Hall–Kier alpha value is -3.12. The Balaban J connectivity index is 1.33. The van der Waals surface area contributed by atoms with Gasteiger partial charge in [0.2, 0.25) is 5.91 Å². The maximum atomic E-state index is 13.6. The van der Waals surface area contributed by atoms with Gasteiger partial charge in [-0.25, -0.2) is 4.79 Å². The summed E-state index contributed by atoms with van der Waals surface area (Å²) < 4.78 is -0.0748. The fourth-order valence-electron chi connectivity index (χ4n) is 4.56. The van der Waals surface area contributed by atoms with Gasteiger partial charge in [-0.15, -0.1) is 0 Å². The Kier molecular flexibility index (Phi) is 5.71. The molecule has 2 unspecified atom stereocenters. The highest BCUT2D eigenvalue weighted by Crippen LogP contribution is 2.45. The highest BCUT2D eigenvalue weighted by molar-refractivity contribution is 8.13. The second kappa shape index (κ2) is 8.67. The monoisotopic (exact) mass is 478 g/mol. The number of nitriles is 1. The van der Waals surface area contributed by atoms with E-state index in [0.717, 1.165) is 11.1 Å². The van der Waals surface area contributed by atoms with Gasteiger partial charge in [0.1, 0.15) is 18.3 Å². The first-order chi connectivity index (χ1) is 16.0. The topological polar surface area (TPSA) is 85.6 Å². The van der Waals surface area contributed by atoms with Crippen LogP contribution in [-0.2, 0) is 11.3 Å². The zero-order valence-electron chi connectivity index (χ0n) is 17.6. The molecule has 5 rings (SSSR count). The first kappa shape index (κ1) is 21.7. The lowest BCUT2D eigenvalue weighted by Gasteiger charge is -2.31. The molecule has 166 valence electrons. The van der Waals surface area contributed by atoms with Crippen LogP contribution in [0.5, 0.6) is 0 Å². The van der Waals surface area contributed by atoms with Crippen molar-refractivity contribution in [2.24, 2.45) is 4.99 Å². The van der Waals surface area contributed by atoms with Gasteiger partial charge in [0.15, 0.2) is 0 Å². The molecule has 1 N–H and O–H groups in total. The lowest BCUT2D eigenvalue weighted by Crippen LogP contribution is -2.57. The molecule has 0 aliphatic carbocycles. The minimum absolute atomic E-state index is 0.0748. The van der Waals surface area contributed by atoms with Crippen molar-refractivity contribution >= 4 is 40.5 Å². The van der Waals surface area contributed by atoms with E-state index in [0.29, 0.717) is 41.0 Å². The van der Waals surface area contributed by atoms with Crippen LogP contribution in [0.25, 0.3) is 0 Å². The van der Waals surface area contributed by atoms with Gasteiger partial charge in [-0.05, 0) is 48.0 Å². The van der Waals surface area contributed by atoms with Gasteiger partial charge in [-0.3, -0.25) is 10.1 Å². The number of benzene rings is 2. The SMILES string of the molecule is N#Cc1ccc([C@H]2CSC3=NC=C[N+]32C(=O)NC2CCN(Cc3cccc(Cl)c3)C2=O)cc1. The van der Waals surface area contributed by atoms with Crippen LogP contribution in [0.1, 0.15) is 29.2 Å². The van der Waals surface area contributed by atoms with E-state index in [1.165, 1.54) is 0 Å². The number of likely N-dealkylation sites (tertiary alicyclic amines) is 1. The third-order valence-corrected chi connectivity index (χ3v) is 7.67. The van der Waals surface area contributed by atoms with Crippen molar-refractivity contribution < 1.29 is 14.1 Å². The third kappa shape index (κ3) is 3.82. The largest absolute Gasteiger partial charge is 0.429 e. The minimum atomic E-state index is -0.577. The summed E-state index contributed by atoms with van der Waals surface area (Å²) in [6.07, 6.45) is 3.99. The zero-order chi connectivity index (χ0) is 23.0. The van der Waals surface area contributed by atoms with Crippen LogP contribution in [0.15, 0.2) is 65.9 Å². The van der Waals surface area contributed by atoms with Crippen LogP contribution in [0, 0.1) is 11.3 Å². The van der Waals surface area contributed by atoms with E-state index >= 15 is 0 Å². The number of quaternary nitrogens is 1. The van der Waals surface area contributed by atoms with Crippen molar-refractivity contribution in [1.82, 2.24) is 10.2 Å². The van der Waals surface area contributed by atoms with Crippen molar-refractivity contribution in [2.45, 2.75) is 25.0 Å². The van der Waals surface area contributed by atoms with Crippen molar-refractivity contribution in [3.05, 3.63) is 82.6 Å². The molecule has 3 amide bonds. The van der Waals surface area contributed by atoms with Crippen molar-refractivity contribution in [3.63, 3.8) is 0 Å². The van der Waals surface area contributed by atoms with Crippen LogP contribution >= 0.6 is 23.4 Å². The second-order valence-corrected chi connectivity index (χ2v) is 9.65. The molecule has 0 spiro atoms. The lowest BCUT2D eigenvalue weighted by atomic mass is 10.0. The summed E-state index contributed by atoms with van der Waals surface area (Å²) in [5, 5.41) is 13.4. The Morgan fingerprint density at radius 1 is 1.30 bits per heavy atom. The van der Waals surface area contributed by atoms with Crippen LogP contribution in [0.2, 0.25) is 5.02 Å². The fourth-order valence-corrected chi connectivity index (χ4v) is 6.13. The quantitative estimate of drug-likeness (QED) is 0.668. The number of hydrogen-bond acceptors (Lipinski definition) is 5. The Morgan fingerprint density at radius 2 is 2.12 bits per heavy atom. The molecule has 0 saturated carbocycles. The van der Waals surface area contributed by atoms with Crippen LogP contribution in [0.4, 0.5) is 4.79 Å². The molecule has 3 atom stereocenters. The molecule has 3 aliphatic heterocycles. The molecular weight excluding hydrogens is 458 g/mol. The van der Waals surface area contributed by atoms with E-state index in [1.54, 1.807) is 47.3 Å². The lowest BCUT2D eigenvalue weighted by molar-refractivity contribution is -0.725. The minimum Gasteiger partial charge on any atom is -0.336 e. The van der Waals surface area contributed by atoms with Gasteiger partial charge in [-0.2, -0.15) is 14.7 Å². The molecule has 9 heteroatoms. The standard InChI is InChI=1S/C24H20ClN5O2S/c25-19-3-1-2-17(12-19)14-29-10-8-20(22(29)31)28-23(32)30-11-9-27-24(30)33-15-21(30)18-6-4-16(13-26)5-7-18/h1-7,9,11-12,20-21H,8,10,14-15H2/p+1/t20?,21-,30?/m1/s1. The van der Waals surface area contributed by atoms with E-state index in [4.69, 9.17) is 16.9 Å². The smallest absolute Gasteiger partial charge is 0.336 e. The maximum absolute atomic E-state index is 13.6. The summed E-state index contributed by atoms with van der Waals surface area (Å²) in [4.78, 5) is 32.9. The Labute approximate surface area is 200 Å². The summed E-state index contributed by atoms with van der Waals surface area (Å²) >= 11 is 7.61. The molecule has 2 fully saturated rings. The Morgan fingerprint density at radius 3 is 2.88 bits per heavy atom. The van der Waals surface area contributed by atoms with Gasteiger partial charge >= 0.3 is 6.03 Å². The maximum Gasteiger partial charge on any atom is 0.429 e. The molecule has 2 saturated heterocycles. The summed E-state index contributed by atoms with van der Waals surface area (Å²) in [5.41, 5.74) is 2.48. The normalized spacial score (nSPS) is 25.6. The molecule has 0 aromatic heterocycles. The number of halogens is 1. The summed E-state index contributed by atoms with van der Waals surface area (Å²) in [5.74, 6) is 0.590. The molecule has 3 aliphatic rings. The summed E-state index contributed by atoms with van der Waals surface area (Å²) in [6, 6.07) is 15.9. The number of hydrogen-bond donors (Lipinski definition) is 1. The number of rotatable bonds is 4. The number of aliphatic imine (C=N–C) groups is 1. The fraction of sp³-hybridized carbons (Fsp3) is 0.250. The van der Waals surface area contributed by atoms with Crippen molar-refractivity contribution in [1.29, 1.82) is 5.26 Å². The average Bonchev–Trinajstić information content (AvgIpc) is 3.49. The summed E-state index contributed by atoms with van der Waals surface area (Å²) in [7, 11) is 0. The number of nitrogens with one attached hydrogen (secondary N) is 1. The van der Waals surface area contributed by atoms with Gasteiger partial charge in [0, 0.05) is 23.7 Å². The highest BCUT2D eigenvalue weighted by Gasteiger charge is 2.57. The molecular formula is C24H21ClN5O2S+. The number of nitrogens with zero attached hydrogens (tertiary/aromatic N) is 4. The van der Waals surface area contributed by atoms with E-state index in [2.05, 4.69) is 16.4 Å². The molecule has 0 radical (unpaired) electrons. The molecule has 33 heavy (non-hydrogen) atoms. The number of amidine groups is 1. The van der Waals surface area contributed by atoms with E-state index < -0.39 is 6.04 Å². The average molecular weight is 479 g/mol. The number of urea groups is 1. The zero-order valence-corrected chi connectivity index (χ0v) is 19.2. The number of fused-ring (bicyclic) bond motifs is 1. The van der Waals surface area contributed by atoms with Crippen LogP contribution in [-0.4, -0.2) is 44.8 Å². The predicted molar refractivity (Wildman–Crippen MR) is 127 cm³/mol. The molecule has 2 aromatic carbocycles. The van der Waals surface area contributed by atoms with Crippen LogP contribution in [0.3, 0.4) is 0 Å². The Bertz CT molecular complexity index is 1220. The predicted octanol–water partition coefficient (Wildman–Crippen LogP) is 4.17. The third-order valence-electron chi connectivity index (χ3n) is 6.28. The highest BCUT2D eigenvalue weighted by atomic mass is 35.5. The van der Waals surface area contributed by atoms with Gasteiger partial charge < -0.3 is 4.90 Å². The van der Waals surface area contributed by atoms with Gasteiger partial charge in [0.25, 0.3) is 5.17 Å². The van der Waals surface area contributed by atoms with Gasteiger partial charge in [-0.1, -0.05) is 35.9 Å². The van der Waals surface area contributed by atoms with E-state index in [-0.39, 0.29) is 22.5 Å². The first-order valence-corrected chi connectivity index (χ1v) is 12.0. The number of carbonyl (C=O) groups is 2. The van der Waals surface area contributed by atoms with E-state index in [1.807, 2.05) is 30.3 Å². The molecule has 3 heterocycles. The van der Waals surface area contributed by atoms with Gasteiger partial charge in [0.05, 0.1) is 23.6 Å². The van der Waals surface area contributed by atoms with Crippen LogP contribution < -0.4 is 5.32 Å². The number of amides is 3.